The first-order valence-electron chi connectivity index (χ1n) is 6.30. The Kier molecular flexibility index (Phi) is 4.57. The van der Waals surface area contributed by atoms with Gasteiger partial charge in [0.05, 0.1) is 27.9 Å². The third-order valence-corrected chi connectivity index (χ3v) is 3.18. The molecule has 1 N–H and O–H groups in total. The van der Waals surface area contributed by atoms with Gasteiger partial charge in [-0.1, -0.05) is 18.5 Å². The zero-order valence-corrected chi connectivity index (χ0v) is 11.8. The van der Waals surface area contributed by atoms with E-state index < -0.39 is 4.92 Å². The van der Waals surface area contributed by atoms with Crippen LogP contribution in [-0.2, 0) is 13.1 Å². The van der Waals surface area contributed by atoms with Crippen molar-refractivity contribution in [2.75, 3.05) is 5.32 Å². The highest BCUT2D eigenvalue weighted by molar-refractivity contribution is 6.33. The predicted molar refractivity (Wildman–Crippen MR) is 78.0 cm³/mol. The molecule has 0 radical (unpaired) electrons. The van der Waals surface area contributed by atoms with Gasteiger partial charge in [0.2, 0.25) is 0 Å². The van der Waals surface area contributed by atoms with Gasteiger partial charge in [-0.05, 0) is 18.6 Å². The van der Waals surface area contributed by atoms with Gasteiger partial charge in [0.1, 0.15) is 0 Å². The topological polar surface area (TPSA) is 73.0 Å². The molecule has 7 heteroatoms. The minimum Gasteiger partial charge on any atom is -0.378 e. The first-order chi connectivity index (χ1) is 9.61. The lowest BCUT2D eigenvalue weighted by Gasteiger charge is -2.10. The van der Waals surface area contributed by atoms with E-state index >= 15 is 0 Å². The smallest absolute Gasteiger partial charge is 0.271 e. The zero-order chi connectivity index (χ0) is 14.5. The van der Waals surface area contributed by atoms with Gasteiger partial charge in [0.15, 0.2) is 0 Å². The van der Waals surface area contributed by atoms with Crippen molar-refractivity contribution in [3.8, 4) is 0 Å². The standard InChI is InChI=1S/C13H15ClN4O2/c1-2-7-17-11(5-6-16-17)9-15-13-4-3-10(18(19)20)8-12(13)14/h3-6,8,15H,2,7,9H2,1H3. The fraction of sp³-hybridized carbons (Fsp3) is 0.308. The van der Waals surface area contributed by atoms with Crippen molar-refractivity contribution in [2.45, 2.75) is 26.4 Å². The molecule has 20 heavy (non-hydrogen) atoms. The number of nitrogens with one attached hydrogen (secondary N) is 1. The minimum absolute atomic E-state index is 0.0171. The molecule has 0 bridgehead atoms. The maximum absolute atomic E-state index is 10.6. The van der Waals surface area contributed by atoms with Crippen LogP contribution in [0.4, 0.5) is 11.4 Å². The molecule has 1 heterocycles. The number of rotatable bonds is 6. The summed E-state index contributed by atoms with van der Waals surface area (Å²) < 4.78 is 1.92. The Morgan fingerprint density at radius 3 is 2.90 bits per heavy atom. The van der Waals surface area contributed by atoms with E-state index in [0.717, 1.165) is 18.7 Å². The highest BCUT2D eigenvalue weighted by Crippen LogP contribution is 2.26. The van der Waals surface area contributed by atoms with Crippen molar-refractivity contribution in [1.29, 1.82) is 0 Å². The maximum Gasteiger partial charge on any atom is 0.271 e. The SMILES string of the molecule is CCCn1nccc1CNc1ccc([N+](=O)[O-])cc1Cl. The summed E-state index contributed by atoms with van der Waals surface area (Å²) in [5, 5.41) is 18.4. The number of aryl methyl sites for hydroxylation is 1. The molecule has 0 spiro atoms. The Morgan fingerprint density at radius 1 is 1.45 bits per heavy atom. The molecule has 0 atom stereocenters. The lowest BCUT2D eigenvalue weighted by atomic mass is 10.2. The average molecular weight is 295 g/mol. The van der Waals surface area contributed by atoms with Crippen molar-refractivity contribution in [2.24, 2.45) is 0 Å². The Hall–Kier alpha value is -2.08. The number of nitro benzene ring substituents is 1. The molecule has 2 aromatic rings. The van der Waals surface area contributed by atoms with Crippen LogP contribution in [0.25, 0.3) is 0 Å². The first kappa shape index (κ1) is 14.3. The van der Waals surface area contributed by atoms with Gasteiger partial charge in [0.25, 0.3) is 5.69 Å². The molecule has 0 unspecified atom stereocenters. The molecule has 6 nitrogen and oxygen atoms in total. The van der Waals surface area contributed by atoms with Gasteiger partial charge < -0.3 is 5.32 Å². The van der Waals surface area contributed by atoms with Crippen molar-refractivity contribution < 1.29 is 4.92 Å². The fourth-order valence-corrected chi connectivity index (χ4v) is 2.11. The second-order valence-corrected chi connectivity index (χ2v) is 4.73. The molecule has 2 rings (SSSR count). The van der Waals surface area contributed by atoms with E-state index in [0.29, 0.717) is 17.3 Å². The summed E-state index contributed by atoms with van der Waals surface area (Å²) in [6, 6.07) is 6.31. The number of anilines is 1. The number of non-ortho nitro benzene ring substituents is 1. The molecular weight excluding hydrogens is 280 g/mol. The van der Waals surface area contributed by atoms with E-state index in [1.807, 2.05) is 10.7 Å². The number of benzene rings is 1. The van der Waals surface area contributed by atoms with E-state index in [9.17, 15) is 10.1 Å². The van der Waals surface area contributed by atoms with Crippen molar-refractivity contribution in [3.05, 3.63) is 51.3 Å². The van der Waals surface area contributed by atoms with Crippen LogP contribution >= 0.6 is 11.6 Å². The van der Waals surface area contributed by atoms with Crippen molar-refractivity contribution in [3.63, 3.8) is 0 Å². The predicted octanol–water partition coefficient (Wildman–Crippen LogP) is 3.47. The second-order valence-electron chi connectivity index (χ2n) is 4.32. The minimum atomic E-state index is -0.466. The van der Waals surface area contributed by atoms with E-state index in [4.69, 9.17) is 11.6 Å². The first-order valence-corrected chi connectivity index (χ1v) is 6.68. The molecule has 0 saturated heterocycles. The quantitative estimate of drug-likeness (QED) is 0.654. The van der Waals surface area contributed by atoms with Crippen molar-refractivity contribution >= 4 is 23.0 Å². The summed E-state index contributed by atoms with van der Waals surface area (Å²) >= 11 is 6.03. The monoisotopic (exact) mass is 294 g/mol. The van der Waals surface area contributed by atoms with Gasteiger partial charge >= 0.3 is 0 Å². The highest BCUT2D eigenvalue weighted by atomic mass is 35.5. The van der Waals surface area contributed by atoms with Crippen LogP contribution in [0.1, 0.15) is 19.0 Å². The Morgan fingerprint density at radius 2 is 2.25 bits per heavy atom. The molecule has 0 saturated carbocycles. The molecule has 0 fully saturated rings. The van der Waals surface area contributed by atoms with E-state index in [1.54, 1.807) is 12.3 Å². The van der Waals surface area contributed by atoms with Gasteiger partial charge in [-0.2, -0.15) is 5.10 Å². The number of hydrogen-bond acceptors (Lipinski definition) is 4. The van der Waals surface area contributed by atoms with Gasteiger partial charge in [0, 0.05) is 24.9 Å². The molecule has 1 aromatic carbocycles. The van der Waals surface area contributed by atoms with Crippen LogP contribution in [0.2, 0.25) is 5.02 Å². The molecular formula is C13H15ClN4O2. The summed E-state index contributed by atoms with van der Waals surface area (Å²) in [5.74, 6) is 0. The zero-order valence-electron chi connectivity index (χ0n) is 11.0. The van der Waals surface area contributed by atoms with Crippen LogP contribution < -0.4 is 5.32 Å². The number of hydrogen-bond donors (Lipinski definition) is 1. The van der Waals surface area contributed by atoms with Crippen LogP contribution in [0, 0.1) is 10.1 Å². The number of nitro groups is 1. The summed E-state index contributed by atoms with van der Waals surface area (Å²) in [5.41, 5.74) is 1.69. The number of nitrogens with zero attached hydrogens (tertiary/aromatic N) is 3. The fourth-order valence-electron chi connectivity index (χ4n) is 1.87. The molecule has 1 aromatic heterocycles. The Bertz CT molecular complexity index is 612. The lowest BCUT2D eigenvalue weighted by molar-refractivity contribution is -0.384. The van der Waals surface area contributed by atoms with E-state index in [2.05, 4.69) is 17.3 Å². The summed E-state index contributed by atoms with van der Waals surface area (Å²) in [6.45, 7) is 3.52. The van der Waals surface area contributed by atoms with Gasteiger partial charge in [-0.25, -0.2) is 0 Å². The van der Waals surface area contributed by atoms with E-state index in [1.165, 1.54) is 12.1 Å². The Balaban J connectivity index is 2.07. The average Bonchev–Trinajstić information content (AvgIpc) is 2.85. The largest absolute Gasteiger partial charge is 0.378 e. The van der Waals surface area contributed by atoms with Crippen LogP contribution in [0.3, 0.4) is 0 Å². The second kappa shape index (κ2) is 6.38. The molecule has 0 amide bonds. The van der Waals surface area contributed by atoms with Gasteiger partial charge in [-0.15, -0.1) is 0 Å². The van der Waals surface area contributed by atoms with Crippen LogP contribution in [0.15, 0.2) is 30.5 Å². The molecule has 0 aliphatic rings. The lowest BCUT2D eigenvalue weighted by Crippen LogP contribution is -2.09. The third kappa shape index (κ3) is 3.27. The molecule has 0 aliphatic carbocycles. The Labute approximate surface area is 121 Å². The number of halogens is 1. The molecule has 0 aliphatic heterocycles. The van der Waals surface area contributed by atoms with Gasteiger partial charge in [-0.3, -0.25) is 14.8 Å². The van der Waals surface area contributed by atoms with Crippen LogP contribution in [0.5, 0.6) is 0 Å². The summed E-state index contributed by atoms with van der Waals surface area (Å²) in [4.78, 5) is 10.2. The van der Waals surface area contributed by atoms with E-state index in [-0.39, 0.29) is 5.69 Å². The third-order valence-electron chi connectivity index (χ3n) is 2.86. The summed E-state index contributed by atoms with van der Waals surface area (Å²) in [6.07, 6.45) is 2.76. The van der Waals surface area contributed by atoms with Crippen LogP contribution in [-0.4, -0.2) is 14.7 Å². The summed E-state index contributed by atoms with van der Waals surface area (Å²) in [7, 11) is 0. The maximum atomic E-state index is 10.6. The van der Waals surface area contributed by atoms with Crippen molar-refractivity contribution in [1.82, 2.24) is 9.78 Å². The molecule has 106 valence electrons. The highest BCUT2D eigenvalue weighted by Gasteiger charge is 2.09. The normalized spacial score (nSPS) is 10.5. The number of aromatic nitrogens is 2.